The summed E-state index contributed by atoms with van der Waals surface area (Å²) in [5.41, 5.74) is 1.79. The van der Waals surface area contributed by atoms with Gasteiger partial charge in [0, 0.05) is 35.4 Å². The third-order valence-electron chi connectivity index (χ3n) is 2.81. The minimum absolute atomic E-state index is 0.00571. The summed E-state index contributed by atoms with van der Waals surface area (Å²) in [6.07, 6.45) is 1.79. The van der Waals surface area contributed by atoms with Gasteiger partial charge in [-0.25, -0.2) is 0 Å². The van der Waals surface area contributed by atoms with Crippen LogP contribution in [-0.4, -0.2) is 4.57 Å². The van der Waals surface area contributed by atoms with Crippen molar-refractivity contribution < 1.29 is 0 Å². The van der Waals surface area contributed by atoms with Gasteiger partial charge in [0.25, 0.3) is 5.56 Å². The first-order valence-electron chi connectivity index (χ1n) is 5.98. The number of rotatable bonds is 4. The van der Waals surface area contributed by atoms with E-state index in [1.54, 1.807) is 35.0 Å². The van der Waals surface area contributed by atoms with Gasteiger partial charge in [-0.1, -0.05) is 23.2 Å². The molecular formula is C14H14Cl2N2O. The Hall–Kier alpha value is -1.45. The molecule has 0 atom stereocenters. The van der Waals surface area contributed by atoms with Gasteiger partial charge in [0.2, 0.25) is 0 Å². The third-order valence-corrected chi connectivity index (χ3v) is 3.42. The SMILES string of the molecule is CCn1cc(NCc2cc(Cl)ccc2Cl)ccc1=O. The average molecular weight is 297 g/mol. The molecule has 3 nitrogen and oxygen atoms in total. The molecule has 0 aliphatic rings. The molecule has 0 fully saturated rings. The molecule has 0 radical (unpaired) electrons. The van der Waals surface area contributed by atoms with Crippen LogP contribution in [0.15, 0.2) is 41.3 Å². The van der Waals surface area contributed by atoms with Gasteiger partial charge in [-0.15, -0.1) is 0 Å². The van der Waals surface area contributed by atoms with Gasteiger partial charge in [0.05, 0.1) is 5.69 Å². The van der Waals surface area contributed by atoms with E-state index in [9.17, 15) is 4.79 Å². The predicted molar refractivity (Wildman–Crippen MR) is 80.2 cm³/mol. The minimum atomic E-state index is -0.00571. The minimum Gasteiger partial charge on any atom is -0.380 e. The van der Waals surface area contributed by atoms with E-state index in [1.807, 2.05) is 13.0 Å². The molecule has 19 heavy (non-hydrogen) atoms. The van der Waals surface area contributed by atoms with E-state index >= 15 is 0 Å². The van der Waals surface area contributed by atoms with Crippen LogP contribution in [0.5, 0.6) is 0 Å². The number of nitrogens with zero attached hydrogens (tertiary/aromatic N) is 1. The monoisotopic (exact) mass is 296 g/mol. The fourth-order valence-corrected chi connectivity index (χ4v) is 2.14. The summed E-state index contributed by atoms with van der Waals surface area (Å²) in [4.78, 5) is 11.5. The van der Waals surface area contributed by atoms with Crippen molar-refractivity contribution in [1.82, 2.24) is 4.57 Å². The van der Waals surface area contributed by atoms with Gasteiger partial charge in [-0.3, -0.25) is 4.79 Å². The number of aromatic nitrogens is 1. The summed E-state index contributed by atoms with van der Waals surface area (Å²) in [6.45, 7) is 3.13. The highest BCUT2D eigenvalue weighted by Gasteiger charge is 2.02. The molecule has 1 aromatic heterocycles. The summed E-state index contributed by atoms with van der Waals surface area (Å²) in [6, 6.07) is 8.66. The first-order chi connectivity index (χ1) is 9.10. The van der Waals surface area contributed by atoms with Gasteiger partial charge in [0.15, 0.2) is 0 Å². The maximum Gasteiger partial charge on any atom is 0.250 e. The van der Waals surface area contributed by atoms with Crippen LogP contribution in [0, 0.1) is 0 Å². The van der Waals surface area contributed by atoms with Crippen molar-refractivity contribution in [2.45, 2.75) is 20.0 Å². The fraction of sp³-hybridized carbons (Fsp3) is 0.214. The highest BCUT2D eigenvalue weighted by atomic mass is 35.5. The van der Waals surface area contributed by atoms with Gasteiger partial charge in [-0.05, 0) is 36.8 Å². The average Bonchev–Trinajstić information content (AvgIpc) is 2.41. The number of nitrogens with one attached hydrogen (secondary N) is 1. The number of halogens is 2. The summed E-state index contributed by atoms with van der Waals surface area (Å²) in [5, 5.41) is 4.55. The van der Waals surface area contributed by atoms with Gasteiger partial charge >= 0.3 is 0 Å². The molecule has 1 heterocycles. The molecule has 0 aliphatic carbocycles. The molecule has 0 amide bonds. The number of hydrogen-bond donors (Lipinski definition) is 1. The largest absolute Gasteiger partial charge is 0.380 e. The van der Waals surface area contributed by atoms with Gasteiger partial charge in [-0.2, -0.15) is 0 Å². The number of aryl methyl sites for hydroxylation is 1. The molecule has 0 unspecified atom stereocenters. The molecule has 0 bridgehead atoms. The van der Waals surface area contributed by atoms with Gasteiger partial charge in [0.1, 0.15) is 0 Å². The van der Waals surface area contributed by atoms with Crippen LogP contribution < -0.4 is 10.9 Å². The lowest BCUT2D eigenvalue weighted by atomic mass is 10.2. The van der Waals surface area contributed by atoms with Crippen molar-refractivity contribution in [3.63, 3.8) is 0 Å². The second-order valence-electron chi connectivity index (χ2n) is 4.13. The van der Waals surface area contributed by atoms with Crippen molar-refractivity contribution in [1.29, 1.82) is 0 Å². The molecule has 0 spiro atoms. The molecule has 2 rings (SSSR count). The normalized spacial score (nSPS) is 10.5. The lowest BCUT2D eigenvalue weighted by Gasteiger charge is -2.10. The Kier molecular flexibility index (Phi) is 4.51. The summed E-state index contributed by atoms with van der Waals surface area (Å²) in [5.74, 6) is 0. The van der Waals surface area contributed by atoms with E-state index in [2.05, 4.69) is 5.32 Å². The van der Waals surface area contributed by atoms with Crippen LogP contribution in [-0.2, 0) is 13.1 Å². The second-order valence-corrected chi connectivity index (χ2v) is 4.97. The smallest absolute Gasteiger partial charge is 0.250 e. The van der Waals surface area contributed by atoms with Gasteiger partial charge < -0.3 is 9.88 Å². The Balaban J connectivity index is 2.14. The maximum atomic E-state index is 11.5. The lowest BCUT2D eigenvalue weighted by Crippen LogP contribution is -2.17. The Morgan fingerprint density at radius 2 is 2.00 bits per heavy atom. The van der Waals surface area contributed by atoms with E-state index in [0.717, 1.165) is 11.3 Å². The summed E-state index contributed by atoms with van der Waals surface area (Å²) >= 11 is 12.0. The molecule has 0 saturated carbocycles. The molecule has 1 N–H and O–H groups in total. The Bertz CT molecular complexity index is 638. The molecule has 0 aliphatic heterocycles. The maximum absolute atomic E-state index is 11.5. The van der Waals surface area contributed by atoms with Crippen LogP contribution in [0.4, 0.5) is 5.69 Å². The van der Waals surface area contributed by atoms with E-state index in [1.165, 1.54) is 0 Å². The zero-order valence-electron chi connectivity index (χ0n) is 10.5. The Morgan fingerprint density at radius 3 is 2.74 bits per heavy atom. The first kappa shape index (κ1) is 14.0. The standard InChI is InChI=1S/C14H14Cl2N2O/c1-2-18-9-12(4-6-14(18)19)17-8-10-7-11(15)3-5-13(10)16/h3-7,9,17H,2,8H2,1H3. The zero-order chi connectivity index (χ0) is 13.8. The summed E-state index contributed by atoms with van der Waals surface area (Å²) in [7, 11) is 0. The molecule has 0 saturated heterocycles. The highest BCUT2D eigenvalue weighted by Crippen LogP contribution is 2.21. The number of pyridine rings is 1. The van der Waals surface area contributed by atoms with E-state index in [0.29, 0.717) is 23.1 Å². The van der Waals surface area contributed by atoms with Crippen molar-refractivity contribution in [2.75, 3.05) is 5.32 Å². The van der Waals surface area contributed by atoms with Crippen LogP contribution in [0.25, 0.3) is 0 Å². The van der Waals surface area contributed by atoms with Crippen LogP contribution in [0.1, 0.15) is 12.5 Å². The highest BCUT2D eigenvalue weighted by molar-refractivity contribution is 6.33. The van der Waals surface area contributed by atoms with Crippen molar-refractivity contribution in [2.24, 2.45) is 0 Å². The van der Waals surface area contributed by atoms with E-state index < -0.39 is 0 Å². The zero-order valence-corrected chi connectivity index (χ0v) is 12.0. The molecule has 5 heteroatoms. The first-order valence-corrected chi connectivity index (χ1v) is 6.74. The summed E-state index contributed by atoms with van der Waals surface area (Å²) < 4.78 is 1.64. The topological polar surface area (TPSA) is 34.0 Å². The van der Waals surface area contributed by atoms with Crippen LogP contribution in [0.3, 0.4) is 0 Å². The predicted octanol–water partition coefficient (Wildman–Crippen LogP) is 3.79. The number of hydrogen-bond acceptors (Lipinski definition) is 2. The van der Waals surface area contributed by atoms with Crippen LogP contribution in [0.2, 0.25) is 10.0 Å². The molecular weight excluding hydrogens is 283 g/mol. The quantitative estimate of drug-likeness (QED) is 0.931. The number of benzene rings is 1. The molecule has 100 valence electrons. The third kappa shape index (κ3) is 3.52. The second kappa shape index (κ2) is 6.13. The molecule has 2 aromatic rings. The Labute approximate surface area is 121 Å². The van der Waals surface area contributed by atoms with Crippen molar-refractivity contribution in [3.8, 4) is 0 Å². The molecule has 1 aromatic carbocycles. The van der Waals surface area contributed by atoms with Crippen molar-refractivity contribution >= 4 is 28.9 Å². The van der Waals surface area contributed by atoms with Crippen LogP contribution >= 0.6 is 23.2 Å². The van der Waals surface area contributed by atoms with Crippen molar-refractivity contribution in [3.05, 3.63) is 62.5 Å². The lowest BCUT2D eigenvalue weighted by molar-refractivity contribution is 0.727. The fourth-order valence-electron chi connectivity index (χ4n) is 1.76. The Morgan fingerprint density at radius 1 is 1.21 bits per heavy atom. The van der Waals surface area contributed by atoms with E-state index in [-0.39, 0.29) is 5.56 Å². The number of anilines is 1. The van der Waals surface area contributed by atoms with E-state index in [4.69, 9.17) is 23.2 Å².